The lowest BCUT2D eigenvalue weighted by atomic mass is 10.7. The lowest BCUT2D eigenvalue weighted by molar-refractivity contribution is 0.296. The Morgan fingerprint density at radius 1 is 0.571 bits per heavy atom. The van der Waals surface area contributed by atoms with E-state index in [4.69, 9.17) is 15.3 Å². The minimum Gasteiger partial charge on any atom is -0.395 e. The highest BCUT2D eigenvalue weighted by molar-refractivity contribution is 5.40. The van der Waals surface area contributed by atoms with Gasteiger partial charge >= 0.3 is 0 Å². The van der Waals surface area contributed by atoms with Crippen LogP contribution in [0.3, 0.4) is 0 Å². The number of nitrogens with one attached hydrogen (secondary N) is 6. The van der Waals surface area contributed by atoms with E-state index in [0.717, 1.165) is 0 Å². The van der Waals surface area contributed by atoms with E-state index in [1.165, 1.54) is 0 Å². The molecule has 1 aromatic rings. The fourth-order valence-corrected chi connectivity index (χ4v) is 1.14. The first-order valence-corrected chi connectivity index (χ1v) is 6.35. The van der Waals surface area contributed by atoms with Crippen LogP contribution in [0, 0.1) is 0 Å². The summed E-state index contributed by atoms with van der Waals surface area (Å²) in [6, 6.07) is 0. The fraction of sp³-hybridized carbons (Fsp3) is 0.667. The Morgan fingerprint density at radius 2 is 0.857 bits per heavy atom. The first kappa shape index (κ1) is 17.2. The van der Waals surface area contributed by atoms with Crippen LogP contribution in [0.15, 0.2) is 0 Å². The summed E-state index contributed by atoms with van der Waals surface area (Å²) in [6.45, 7) is 0.855. The van der Waals surface area contributed by atoms with Crippen molar-refractivity contribution in [1.29, 1.82) is 0 Å². The van der Waals surface area contributed by atoms with Gasteiger partial charge in [-0.1, -0.05) is 0 Å². The van der Waals surface area contributed by atoms with Gasteiger partial charge in [0.2, 0.25) is 17.8 Å². The molecule has 0 unspecified atom stereocenters. The van der Waals surface area contributed by atoms with E-state index in [2.05, 4.69) is 47.5 Å². The average Bonchev–Trinajstić information content (AvgIpc) is 2.48. The number of hydrogen-bond acceptors (Lipinski definition) is 12. The van der Waals surface area contributed by atoms with Crippen LogP contribution in [-0.4, -0.2) is 69.7 Å². The average molecular weight is 303 g/mol. The van der Waals surface area contributed by atoms with Crippen LogP contribution in [0.4, 0.5) is 17.8 Å². The maximum Gasteiger partial charge on any atom is 0.244 e. The lowest BCUT2D eigenvalue weighted by Crippen LogP contribution is -2.31. The zero-order valence-corrected chi connectivity index (χ0v) is 11.4. The number of aliphatic hydroxyl groups is 3. The standard InChI is InChI=1S/C9H21N9O3/c19-4-1-10-16-7-13-8(17-11-2-5-20)15-9(14-7)18-12-3-6-21/h10-12,19-21H,1-6H2,(H3,13,14,15,16,17,18). The third-order valence-corrected chi connectivity index (χ3v) is 1.95. The van der Waals surface area contributed by atoms with Crippen LogP contribution in [0.1, 0.15) is 0 Å². The molecular weight excluding hydrogens is 282 g/mol. The molecule has 0 bridgehead atoms. The molecule has 0 aromatic carbocycles. The summed E-state index contributed by atoms with van der Waals surface area (Å²) < 4.78 is 0. The van der Waals surface area contributed by atoms with E-state index < -0.39 is 0 Å². The number of hydrazine groups is 3. The van der Waals surface area contributed by atoms with Gasteiger partial charge < -0.3 is 15.3 Å². The Labute approximate surface area is 121 Å². The summed E-state index contributed by atoms with van der Waals surface area (Å²) in [6.07, 6.45) is 0. The SMILES string of the molecule is OCCNNc1nc(NNCCO)nc(NNCCO)n1. The van der Waals surface area contributed by atoms with Crippen LogP contribution >= 0.6 is 0 Å². The molecule has 9 N–H and O–H groups in total. The van der Waals surface area contributed by atoms with Gasteiger partial charge in [0.1, 0.15) is 0 Å². The van der Waals surface area contributed by atoms with Crippen LogP contribution in [-0.2, 0) is 0 Å². The van der Waals surface area contributed by atoms with Crippen molar-refractivity contribution in [2.75, 3.05) is 55.7 Å². The molecule has 0 saturated carbocycles. The van der Waals surface area contributed by atoms with Crippen LogP contribution in [0.2, 0.25) is 0 Å². The molecule has 0 atom stereocenters. The van der Waals surface area contributed by atoms with Crippen LogP contribution < -0.4 is 32.6 Å². The van der Waals surface area contributed by atoms with Gasteiger partial charge in [-0.25, -0.2) is 16.3 Å². The van der Waals surface area contributed by atoms with Crippen molar-refractivity contribution in [3.63, 3.8) is 0 Å². The molecule has 1 aromatic heterocycles. The van der Waals surface area contributed by atoms with Gasteiger partial charge in [-0.05, 0) is 0 Å². The Kier molecular flexibility index (Phi) is 8.94. The summed E-state index contributed by atoms with van der Waals surface area (Å²) >= 11 is 0. The van der Waals surface area contributed by atoms with E-state index in [9.17, 15) is 0 Å². The number of nitrogens with zero attached hydrogens (tertiary/aromatic N) is 3. The van der Waals surface area contributed by atoms with Crippen LogP contribution in [0.5, 0.6) is 0 Å². The molecule has 0 radical (unpaired) electrons. The summed E-state index contributed by atoms with van der Waals surface area (Å²) in [5, 5.41) is 26.1. The van der Waals surface area contributed by atoms with Gasteiger partial charge in [-0.2, -0.15) is 15.0 Å². The summed E-state index contributed by atoms with van der Waals surface area (Å²) in [5.74, 6) is 0.667. The molecule has 1 heterocycles. The van der Waals surface area contributed by atoms with Gasteiger partial charge in [0.25, 0.3) is 0 Å². The second-order valence-electron chi connectivity index (χ2n) is 3.63. The van der Waals surface area contributed by atoms with E-state index >= 15 is 0 Å². The van der Waals surface area contributed by atoms with Gasteiger partial charge in [0.15, 0.2) is 0 Å². The van der Waals surface area contributed by atoms with Gasteiger partial charge in [0.05, 0.1) is 19.8 Å². The fourth-order valence-electron chi connectivity index (χ4n) is 1.14. The molecule has 0 aliphatic rings. The van der Waals surface area contributed by atoms with Crippen molar-refractivity contribution in [3.8, 4) is 0 Å². The second-order valence-corrected chi connectivity index (χ2v) is 3.63. The third-order valence-electron chi connectivity index (χ3n) is 1.95. The summed E-state index contributed by atoms with van der Waals surface area (Å²) in [7, 11) is 0. The minimum absolute atomic E-state index is 0.0373. The molecule has 0 spiro atoms. The summed E-state index contributed by atoms with van der Waals surface area (Å²) in [4.78, 5) is 12.2. The highest BCUT2D eigenvalue weighted by atomic mass is 16.3. The van der Waals surface area contributed by atoms with E-state index in [-0.39, 0.29) is 37.7 Å². The minimum atomic E-state index is -0.0373. The number of aromatic nitrogens is 3. The molecule has 12 nitrogen and oxygen atoms in total. The Morgan fingerprint density at radius 3 is 1.10 bits per heavy atom. The third kappa shape index (κ3) is 7.50. The molecule has 12 heteroatoms. The maximum atomic E-state index is 8.69. The first-order valence-electron chi connectivity index (χ1n) is 6.35. The smallest absolute Gasteiger partial charge is 0.244 e. The van der Waals surface area contributed by atoms with Crippen molar-refractivity contribution in [2.24, 2.45) is 0 Å². The highest BCUT2D eigenvalue weighted by Gasteiger charge is 2.05. The predicted molar refractivity (Wildman–Crippen MR) is 76.0 cm³/mol. The predicted octanol–water partition coefficient (Wildman–Crippen LogP) is -3.40. The number of hydrogen-bond donors (Lipinski definition) is 9. The summed E-state index contributed by atoms with van der Waals surface area (Å²) in [5.41, 5.74) is 16.2. The Hall–Kier alpha value is -1.83. The molecule has 1 rings (SSSR count). The maximum absolute atomic E-state index is 8.69. The van der Waals surface area contributed by atoms with Gasteiger partial charge in [0, 0.05) is 19.6 Å². The number of aliphatic hydroxyl groups excluding tert-OH is 3. The number of anilines is 3. The number of rotatable bonds is 12. The molecule has 21 heavy (non-hydrogen) atoms. The molecular formula is C9H21N9O3. The van der Waals surface area contributed by atoms with Crippen molar-refractivity contribution < 1.29 is 15.3 Å². The van der Waals surface area contributed by atoms with Gasteiger partial charge in [-0.15, -0.1) is 0 Å². The Balaban J connectivity index is 2.65. The van der Waals surface area contributed by atoms with E-state index in [1.54, 1.807) is 0 Å². The molecule has 0 fully saturated rings. The zero-order valence-electron chi connectivity index (χ0n) is 11.4. The Bertz CT molecular complexity index is 325. The normalized spacial score (nSPS) is 10.4. The van der Waals surface area contributed by atoms with Crippen molar-refractivity contribution in [3.05, 3.63) is 0 Å². The molecule has 0 amide bonds. The zero-order chi connectivity index (χ0) is 15.3. The molecule has 120 valence electrons. The second kappa shape index (κ2) is 10.9. The van der Waals surface area contributed by atoms with Crippen molar-refractivity contribution in [2.45, 2.75) is 0 Å². The largest absolute Gasteiger partial charge is 0.395 e. The van der Waals surface area contributed by atoms with Gasteiger partial charge in [-0.3, -0.25) is 16.3 Å². The van der Waals surface area contributed by atoms with Crippen molar-refractivity contribution in [1.82, 2.24) is 31.2 Å². The molecule has 0 aliphatic carbocycles. The lowest BCUT2D eigenvalue weighted by Gasteiger charge is -2.12. The van der Waals surface area contributed by atoms with E-state index in [1.807, 2.05) is 0 Å². The van der Waals surface area contributed by atoms with Crippen molar-refractivity contribution >= 4 is 17.8 Å². The molecule has 0 saturated heterocycles. The first-order chi connectivity index (χ1) is 10.3. The van der Waals surface area contributed by atoms with Crippen LogP contribution in [0.25, 0.3) is 0 Å². The highest BCUT2D eigenvalue weighted by Crippen LogP contribution is 2.06. The monoisotopic (exact) mass is 303 g/mol. The quantitative estimate of drug-likeness (QED) is 0.139. The van der Waals surface area contributed by atoms with E-state index in [0.29, 0.717) is 19.6 Å². The molecule has 0 aliphatic heterocycles. The topological polar surface area (TPSA) is 172 Å².